The van der Waals surface area contributed by atoms with Crippen molar-refractivity contribution < 1.29 is 4.79 Å². The minimum Gasteiger partial charge on any atom is -0.333 e. The van der Waals surface area contributed by atoms with Gasteiger partial charge in [-0.1, -0.05) is 36.4 Å². The van der Waals surface area contributed by atoms with Crippen LogP contribution in [0, 0.1) is 0 Å². The highest BCUT2D eigenvalue weighted by molar-refractivity contribution is 7.13. The quantitative estimate of drug-likeness (QED) is 0.675. The standard InChI is InChI=1S/C20H20N4OS.2ClH/c25-19(11-17-14-26-20(23-17)15-5-2-1-3-6-15)24-10-9-22-13-18(24)16-7-4-8-21-12-16;;/h1-8,12,14,18,22H,9-11,13H2;2*1H. The average Bonchev–Trinajstić information content (AvgIpc) is 3.18. The van der Waals surface area contributed by atoms with Crippen molar-refractivity contribution >= 4 is 42.1 Å². The van der Waals surface area contributed by atoms with E-state index in [2.05, 4.69) is 15.3 Å². The van der Waals surface area contributed by atoms with Crippen molar-refractivity contribution in [1.82, 2.24) is 20.2 Å². The Morgan fingerprint density at radius 2 is 2.00 bits per heavy atom. The number of carbonyl (C=O) groups is 1. The maximum Gasteiger partial charge on any atom is 0.229 e. The molecule has 0 aliphatic carbocycles. The third-order valence-electron chi connectivity index (χ3n) is 4.54. The van der Waals surface area contributed by atoms with E-state index in [1.165, 1.54) is 0 Å². The molecule has 3 heterocycles. The fourth-order valence-electron chi connectivity index (χ4n) is 3.23. The Kier molecular flexibility index (Phi) is 8.38. The summed E-state index contributed by atoms with van der Waals surface area (Å²) in [5, 5.41) is 6.32. The van der Waals surface area contributed by atoms with Crippen LogP contribution in [0.15, 0.2) is 60.2 Å². The van der Waals surface area contributed by atoms with E-state index in [0.717, 1.165) is 34.9 Å². The minimum atomic E-state index is 0. The predicted octanol–water partition coefficient (Wildman–Crippen LogP) is 3.76. The maximum atomic E-state index is 12.9. The number of nitrogens with zero attached hydrogens (tertiary/aromatic N) is 3. The first-order valence-electron chi connectivity index (χ1n) is 8.71. The first-order chi connectivity index (χ1) is 12.8. The van der Waals surface area contributed by atoms with Crippen LogP contribution in [-0.4, -0.2) is 40.4 Å². The number of amides is 1. The summed E-state index contributed by atoms with van der Waals surface area (Å²) in [6.07, 6.45) is 3.93. The summed E-state index contributed by atoms with van der Waals surface area (Å²) in [5.74, 6) is 0.116. The van der Waals surface area contributed by atoms with Gasteiger partial charge in [-0.3, -0.25) is 9.78 Å². The molecular formula is C20H22Cl2N4OS. The SMILES string of the molecule is Cl.Cl.O=C(Cc1csc(-c2ccccc2)n1)N1CCNCC1c1cccnc1. The van der Waals surface area contributed by atoms with Crippen molar-refractivity contribution in [1.29, 1.82) is 0 Å². The lowest BCUT2D eigenvalue weighted by Gasteiger charge is -2.36. The molecule has 148 valence electrons. The number of hydrogen-bond donors (Lipinski definition) is 1. The van der Waals surface area contributed by atoms with Crippen molar-refractivity contribution in [3.05, 3.63) is 71.5 Å². The second-order valence-corrected chi connectivity index (χ2v) is 7.14. The molecular weight excluding hydrogens is 415 g/mol. The van der Waals surface area contributed by atoms with E-state index in [9.17, 15) is 4.79 Å². The zero-order valence-electron chi connectivity index (χ0n) is 15.2. The lowest BCUT2D eigenvalue weighted by molar-refractivity contribution is -0.133. The monoisotopic (exact) mass is 436 g/mol. The van der Waals surface area contributed by atoms with E-state index >= 15 is 0 Å². The normalized spacial score (nSPS) is 16.0. The van der Waals surface area contributed by atoms with E-state index < -0.39 is 0 Å². The van der Waals surface area contributed by atoms with Crippen molar-refractivity contribution in [2.24, 2.45) is 0 Å². The number of aromatic nitrogens is 2. The Balaban J connectivity index is 0.00000140. The van der Waals surface area contributed by atoms with Gasteiger partial charge in [0.25, 0.3) is 0 Å². The molecule has 1 fully saturated rings. The molecule has 0 bridgehead atoms. The molecule has 3 aromatic rings. The lowest BCUT2D eigenvalue weighted by Crippen LogP contribution is -2.49. The second-order valence-electron chi connectivity index (χ2n) is 6.28. The van der Waals surface area contributed by atoms with E-state index in [1.54, 1.807) is 17.5 Å². The van der Waals surface area contributed by atoms with Gasteiger partial charge in [0.15, 0.2) is 0 Å². The van der Waals surface area contributed by atoms with Crippen molar-refractivity contribution in [2.75, 3.05) is 19.6 Å². The van der Waals surface area contributed by atoms with Gasteiger partial charge in [-0.05, 0) is 11.6 Å². The topological polar surface area (TPSA) is 58.1 Å². The minimum absolute atomic E-state index is 0. The number of hydrogen-bond acceptors (Lipinski definition) is 5. The molecule has 1 aliphatic heterocycles. The summed E-state index contributed by atoms with van der Waals surface area (Å²) >= 11 is 1.58. The lowest BCUT2D eigenvalue weighted by atomic mass is 10.0. The molecule has 1 N–H and O–H groups in total. The highest BCUT2D eigenvalue weighted by atomic mass is 35.5. The molecule has 2 aromatic heterocycles. The molecule has 8 heteroatoms. The van der Waals surface area contributed by atoms with Crippen LogP contribution in [0.4, 0.5) is 0 Å². The zero-order valence-corrected chi connectivity index (χ0v) is 17.6. The van der Waals surface area contributed by atoms with Gasteiger partial charge in [0, 0.05) is 43.0 Å². The molecule has 28 heavy (non-hydrogen) atoms. The van der Waals surface area contributed by atoms with E-state index in [1.807, 2.05) is 58.9 Å². The van der Waals surface area contributed by atoms with E-state index in [0.29, 0.717) is 13.0 Å². The molecule has 0 spiro atoms. The third kappa shape index (κ3) is 5.08. The number of benzene rings is 1. The molecule has 1 aromatic carbocycles. The summed E-state index contributed by atoms with van der Waals surface area (Å²) < 4.78 is 0. The Bertz CT molecular complexity index is 876. The van der Waals surface area contributed by atoms with Gasteiger partial charge in [-0.15, -0.1) is 36.2 Å². The number of piperazine rings is 1. The summed E-state index contributed by atoms with van der Waals surface area (Å²) in [6.45, 7) is 2.27. The van der Waals surface area contributed by atoms with Crippen molar-refractivity contribution in [3.63, 3.8) is 0 Å². The number of carbonyl (C=O) groups excluding carboxylic acids is 1. The average molecular weight is 437 g/mol. The van der Waals surface area contributed by atoms with Gasteiger partial charge in [-0.2, -0.15) is 0 Å². The number of thiazole rings is 1. The Morgan fingerprint density at radius 1 is 1.18 bits per heavy atom. The van der Waals surface area contributed by atoms with Gasteiger partial charge in [0.2, 0.25) is 5.91 Å². The molecule has 0 radical (unpaired) electrons. The number of halogens is 2. The van der Waals surface area contributed by atoms with Crippen LogP contribution < -0.4 is 5.32 Å². The third-order valence-corrected chi connectivity index (χ3v) is 5.48. The Hall–Kier alpha value is -1.99. The fraction of sp³-hybridized carbons (Fsp3) is 0.250. The van der Waals surface area contributed by atoms with Crippen LogP contribution >= 0.6 is 36.2 Å². The van der Waals surface area contributed by atoms with Gasteiger partial charge in [0.1, 0.15) is 5.01 Å². The van der Waals surface area contributed by atoms with Gasteiger partial charge >= 0.3 is 0 Å². The predicted molar refractivity (Wildman–Crippen MR) is 117 cm³/mol. The van der Waals surface area contributed by atoms with Crippen LogP contribution in [0.25, 0.3) is 10.6 Å². The molecule has 4 rings (SSSR count). The number of rotatable bonds is 4. The Labute approximate surface area is 181 Å². The van der Waals surface area contributed by atoms with Crippen molar-refractivity contribution in [2.45, 2.75) is 12.5 Å². The van der Waals surface area contributed by atoms with Crippen LogP contribution in [0.2, 0.25) is 0 Å². The van der Waals surface area contributed by atoms with Crippen LogP contribution in [-0.2, 0) is 11.2 Å². The van der Waals surface area contributed by atoms with Crippen LogP contribution in [0.1, 0.15) is 17.3 Å². The molecule has 1 amide bonds. The first-order valence-corrected chi connectivity index (χ1v) is 9.59. The Morgan fingerprint density at radius 3 is 2.75 bits per heavy atom. The highest BCUT2D eigenvalue weighted by Gasteiger charge is 2.28. The van der Waals surface area contributed by atoms with Gasteiger partial charge < -0.3 is 10.2 Å². The number of nitrogens with one attached hydrogen (secondary N) is 1. The summed E-state index contributed by atoms with van der Waals surface area (Å²) in [4.78, 5) is 23.7. The van der Waals surface area contributed by atoms with Crippen LogP contribution in [0.3, 0.4) is 0 Å². The van der Waals surface area contributed by atoms with Crippen molar-refractivity contribution in [3.8, 4) is 10.6 Å². The molecule has 0 saturated carbocycles. The summed E-state index contributed by atoms with van der Waals surface area (Å²) in [5.41, 5.74) is 2.99. The first kappa shape index (κ1) is 22.3. The van der Waals surface area contributed by atoms with E-state index in [-0.39, 0.29) is 36.8 Å². The summed E-state index contributed by atoms with van der Waals surface area (Å²) in [6, 6.07) is 14.0. The maximum absolute atomic E-state index is 12.9. The molecule has 1 aliphatic rings. The van der Waals surface area contributed by atoms with Crippen LogP contribution in [0.5, 0.6) is 0 Å². The van der Waals surface area contributed by atoms with Gasteiger partial charge in [0.05, 0.1) is 18.2 Å². The molecule has 1 saturated heterocycles. The molecule has 5 nitrogen and oxygen atoms in total. The number of pyridine rings is 1. The highest BCUT2D eigenvalue weighted by Crippen LogP contribution is 2.25. The second kappa shape index (κ2) is 10.5. The van der Waals surface area contributed by atoms with Gasteiger partial charge in [-0.25, -0.2) is 4.98 Å². The van der Waals surface area contributed by atoms with E-state index in [4.69, 9.17) is 0 Å². The molecule has 1 unspecified atom stereocenters. The largest absolute Gasteiger partial charge is 0.333 e. The molecule has 1 atom stereocenters. The smallest absolute Gasteiger partial charge is 0.229 e. The zero-order chi connectivity index (χ0) is 17.8. The summed E-state index contributed by atoms with van der Waals surface area (Å²) in [7, 11) is 0. The fourth-order valence-corrected chi connectivity index (χ4v) is 4.06.